The van der Waals surface area contributed by atoms with Crippen molar-refractivity contribution in [3.63, 3.8) is 0 Å². The minimum Gasteiger partial charge on any atom is -0.444 e. The average molecular weight is 393 g/mol. The molecule has 1 aromatic carbocycles. The number of rotatable bonds is 3. The van der Waals surface area contributed by atoms with E-state index in [1.54, 1.807) is 11.1 Å². The summed E-state index contributed by atoms with van der Waals surface area (Å²) in [6, 6.07) is 8.07. The van der Waals surface area contributed by atoms with Gasteiger partial charge in [0.1, 0.15) is 5.60 Å². The molecule has 0 bridgehead atoms. The Labute approximate surface area is 149 Å². The molecular formula is C17H21BrN4O2. The van der Waals surface area contributed by atoms with Crippen LogP contribution in [0, 0.1) is 5.92 Å². The van der Waals surface area contributed by atoms with Gasteiger partial charge in [-0.1, -0.05) is 33.3 Å². The number of likely N-dealkylation sites (tertiary alicyclic amines) is 1. The zero-order valence-corrected chi connectivity index (χ0v) is 15.7. The van der Waals surface area contributed by atoms with E-state index in [0.717, 1.165) is 22.3 Å². The predicted molar refractivity (Wildman–Crippen MR) is 94.5 cm³/mol. The Morgan fingerprint density at radius 1 is 1.29 bits per heavy atom. The van der Waals surface area contributed by atoms with Crippen LogP contribution in [0.4, 0.5) is 4.79 Å². The first-order chi connectivity index (χ1) is 11.3. The van der Waals surface area contributed by atoms with Crippen LogP contribution in [0.2, 0.25) is 0 Å². The van der Waals surface area contributed by atoms with Crippen molar-refractivity contribution in [3.05, 3.63) is 34.9 Å². The fourth-order valence-corrected chi connectivity index (χ4v) is 2.91. The van der Waals surface area contributed by atoms with Gasteiger partial charge in [-0.15, -0.1) is 5.10 Å². The van der Waals surface area contributed by atoms with Crippen LogP contribution >= 0.6 is 15.9 Å². The van der Waals surface area contributed by atoms with Crippen molar-refractivity contribution in [1.82, 2.24) is 19.9 Å². The highest BCUT2D eigenvalue weighted by Gasteiger charge is 2.34. The van der Waals surface area contributed by atoms with Crippen LogP contribution in [0.15, 0.2) is 34.9 Å². The Balaban J connectivity index is 1.59. The maximum Gasteiger partial charge on any atom is 0.410 e. The van der Waals surface area contributed by atoms with Crippen molar-refractivity contribution in [3.8, 4) is 11.3 Å². The van der Waals surface area contributed by atoms with Gasteiger partial charge in [0, 0.05) is 35.6 Å². The van der Waals surface area contributed by atoms with Gasteiger partial charge in [-0.3, -0.25) is 0 Å². The Bertz CT molecular complexity index is 715. The minimum absolute atomic E-state index is 0.245. The Morgan fingerprint density at radius 2 is 1.96 bits per heavy atom. The monoisotopic (exact) mass is 392 g/mol. The highest BCUT2D eigenvalue weighted by atomic mass is 79.9. The molecule has 1 saturated heterocycles. The first kappa shape index (κ1) is 17.0. The second-order valence-corrected chi connectivity index (χ2v) is 7.98. The predicted octanol–water partition coefficient (Wildman–Crippen LogP) is 3.57. The number of hydrogen-bond acceptors (Lipinski definition) is 4. The van der Waals surface area contributed by atoms with Crippen molar-refractivity contribution in [2.24, 2.45) is 5.92 Å². The van der Waals surface area contributed by atoms with E-state index >= 15 is 0 Å². The van der Waals surface area contributed by atoms with Crippen molar-refractivity contribution in [2.75, 3.05) is 13.1 Å². The molecule has 24 heavy (non-hydrogen) atoms. The van der Waals surface area contributed by atoms with Gasteiger partial charge in [0.15, 0.2) is 0 Å². The smallest absolute Gasteiger partial charge is 0.410 e. The lowest BCUT2D eigenvalue weighted by atomic mass is 10.0. The molecule has 6 nitrogen and oxygen atoms in total. The molecule has 7 heteroatoms. The number of carbonyl (C=O) groups excluding carboxylic acids is 1. The van der Waals surface area contributed by atoms with Crippen molar-refractivity contribution in [2.45, 2.75) is 32.9 Å². The molecule has 2 heterocycles. The summed E-state index contributed by atoms with van der Waals surface area (Å²) in [4.78, 5) is 13.7. The molecule has 0 N–H and O–H groups in total. The highest BCUT2D eigenvalue weighted by Crippen LogP contribution is 2.25. The number of ether oxygens (including phenoxy) is 1. The molecule has 0 atom stereocenters. The SMILES string of the molecule is CC(C)(C)OC(=O)N1CC(Cn2nncc2-c2ccc(Br)cc2)C1. The number of hydrogen-bond donors (Lipinski definition) is 0. The van der Waals surface area contributed by atoms with Crippen LogP contribution in [0.3, 0.4) is 0 Å². The second kappa shape index (κ2) is 6.55. The first-order valence-corrected chi connectivity index (χ1v) is 8.73. The standard InChI is InChI=1S/C17H21BrN4O2/c1-17(2,3)24-16(23)21-9-12(10-21)11-22-15(8-19-20-22)13-4-6-14(18)7-5-13/h4-8,12H,9-11H2,1-3H3. The largest absolute Gasteiger partial charge is 0.444 e. The van der Waals surface area contributed by atoms with Gasteiger partial charge in [0.25, 0.3) is 0 Å². The molecule has 2 aromatic rings. The van der Waals surface area contributed by atoms with E-state index in [-0.39, 0.29) is 6.09 Å². The minimum atomic E-state index is -0.456. The summed E-state index contributed by atoms with van der Waals surface area (Å²) in [5, 5.41) is 8.22. The van der Waals surface area contributed by atoms with Gasteiger partial charge in [-0.25, -0.2) is 9.48 Å². The van der Waals surface area contributed by atoms with E-state index in [1.807, 2.05) is 49.7 Å². The molecule has 128 valence electrons. The zero-order chi connectivity index (χ0) is 17.3. The summed E-state index contributed by atoms with van der Waals surface area (Å²) in [7, 11) is 0. The van der Waals surface area contributed by atoms with Gasteiger partial charge in [-0.05, 0) is 32.9 Å². The highest BCUT2D eigenvalue weighted by molar-refractivity contribution is 9.10. The summed E-state index contributed by atoms with van der Waals surface area (Å²) in [5.74, 6) is 0.369. The molecule has 3 rings (SSSR count). The number of nitrogens with zero attached hydrogens (tertiary/aromatic N) is 4. The van der Waals surface area contributed by atoms with Gasteiger partial charge in [0.05, 0.1) is 11.9 Å². The van der Waals surface area contributed by atoms with Crippen molar-refractivity contribution in [1.29, 1.82) is 0 Å². The lowest BCUT2D eigenvalue weighted by molar-refractivity contribution is -0.00382. The number of halogens is 1. The molecule has 1 aromatic heterocycles. The van der Waals surface area contributed by atoms with E-state index in [9.17, 15) is 4.79 Å². The molecular weight excluding hydrogens is 372 g/mol. The van der Waals surface area contributed by atoms with Crippen molar-refractivity contribution < 1.29 is 9.53 Å². The molecule has 0 saturated carbocycles. The topological polar surface area (TPSA) is 60.2 Å². The number of amides is 1. The molecule has 0 aliphatic carbocycles. The third kappa shape index (κ3) is 3.95. The van der Waals surface area contributed by atoms with Crippen LogP contribution in [-0.4, -0.2) is 44.7 Å². The summed E-state index contributed by atoms with van der Waals surface area (Å²) >= 11 is 3.44. The molecule has 1 aliphatic heterocycles. The average Bonchev–Trinajstić information content (AvgIpc) is 2.89. The molecule has 1 aliphatic rings. The summed E-state index contributed by atoms with van der Waals surface area (Å²) < 4.78 is 8.32. The Kier molecular flexibility index (Phi) is 4.62. The second-order valence-electron chi connectivity index (χ2n) is 7.06. The van der Waals surface area contributed by atoms with E-state index in [4.69, 9.17) is 4.74 Å². The van der Waals surface area contributed by atoms with Crippen LogP contribution in [0.5, 0.6) is 0 Å². The lowest BCUT2D eigenvalue weighted by Gasteiger charge is -2.39. The van der Waals surface area contributed by atoms with Gasteiger partial charge in [-0.2, -0.15) is 0 Å². The molecule has 0 unspecified atom stereocenters. The van der Waals surface area contributed by atoms with Crippen LogP contribution in [0.25, 0.3) is 11.3 Å². The normalized spacial score (nSPS) is 15.2. The first-order valence-electron chi connectivity index (χ1n) is 7.94. The number of carbonyl (C=O) groups is 1. The van der Waals surface area contributed by atoms with Crippen LogP contribution in [0.1, 0.15) is 20.8 Å². The van der Waals surface area contributed by atoms with E-state index in [0.29, 0.717) is 19.0 Å². The Morgan fingerprint density at radius 3 is 2.58 bits per heavy atom. The summed E-state index contributed by atoms with van der Waals surface area (Å²) in [6.07, 6.45) is 1.53. The molecule has 1 fully saturated rings. The molecule has 0 radical (unpaired) electrons. The fraction of sp³-hybridized carbons (Fsp3) is 0.471. The molecule has 1 amide bonds. The van der Waals surface area contributed by atoms with Gasteiger partial charge in [0.2, 0.25) is 0 Å². The van der Waals surface area contributed by atoms with Gasteiger partial charge >= 0.3 is 6.09 Å². The fourth-order valence-electron chi connectivity index (χ4n) is 2.64. The van der Waals surface area contributed by atoms with E-state index in [2.05, 4.69) is 26.2 Å². The maximum absolute atomic E-state index is 12.0. The van der Waals surface area contributed by atoms with E-state index in [1.165, 1.54) is 0 Å². The van der Waals surface area contributed by atoms with E-state index < -0.39 is 5.60 Å². The summed E-state index contributed by atoms with van der Waals surface area (Å²) in [6.45, 7) is 7.75. The van der Waals surface area contributed by atoms with Gasteiger partial charge < -0.3 is 9.64 Å². The zero-order valence-electron chi connectivity index (χ0n) is 14.1. The maximum atomic E-state index is 12.0. The third-order valence-corrected chi connectivity index (χ3v) is 4.33. The summed E-state index contributed by atoms with van der Waals surface area (Å²) in [5.41, 5.74) is 1.60. The number of aromatic nitrogens is 3. The van der Waals surface area contributed by atoms with Crippen LogP contribution < -0.4 is 0 Å². The Hall–Kier alpha value is -1.89. The van der Waals surface area contributed by atoms with Crippen molar-refractivity contribution >= 4 is 22.0 Å². The third-order valence-electron chi connectivity index (χ3n) is 3.80. The number of benzene rings is 1. The van der Waals surface area contributed by atoms with Crippen LogP contribution in [-0.2, 0) is 11.3 Å². The quantitative estimate of drug-likeness (QED) is 0.800. The molecule has 0 spiro atoms. The lowest BCUT2D eigenvalue weighted by Crippen LogP contribution is -2.52.